The molecule has 2 aromatic rings. The summed E-state index contributed by atoms with van der Waals surface area (Å²) in [6.07, 6.45) is 0. The molecule has 156 valence electrons. The Morgan fingerprint density at radius 3 is 2.28 bits per heavy atom. The molecule has 0 saturated heterocycles. The summed E-state index contributed by atoms with van der Waals surface area (Å²) in [7, 11) is -3.88. The number of benzene rings is 2. The van der Waals surface area contributed by atoms with Gasteiger partial charge in [0.05, 0.1) is 22.8 Å². The summed E-state index contributed by atoms with van der Waals surface area (Å²) >= 11 is 0. The standard InChI is InChI=1S/C21H26N2O5S/c1-6-28-21(25)19(15(5)22)18-14(4)20(13(3)11-17(18)24)23-29(26,27)16-9-7-12(2)8-10-16/h7-11,23-24H,6,22H2,1-5H3. The minimum Gasteiger partial charge on any atom is -0.507 e. The molecule has 2 rings (SSSR count). The van der Waals surface area contributed by atoms with Crippen molar-refractivity contribution in [2.75, 3.05) is 11.3 Å². The van der Waals surface area contributed by atoms with Gasteiger partial charge in [-0.05, 0) is 63.9 Å². The monoisotopic (exact) mass is 418 g/mol. The number of allylic oxidation sites excluding steroid dienone is 1. The lowest BCUT2D eigenvalue weighted by atomic mass is 9.94. The number of sulfonamides is 1. The number of phenols is 1. The summed E-state index contributed by atoms with van der Waals surface area (Å²) in [6.45, 7) is 8.44. The minimum atomic E-state index is -3.88. The lowest BCUT2D eigenvalue weighted by Crippen LogP contribution is -2.17. The summed E-state index contributed by atoms with van der Waals surface area (Å²) < 4.78 is 33.3. The molecular formula is C21H26N2O5S. The van der Waals surface area contributed by atoms with E-state index in [-0.39, 0.29) is 39.8 Å². The Morgan fingerprint density at radius 1 is 1.17 bits per heavy atom. The first kappa shape index (κ1) is 22.3. The van der Waals surface area contributed by atoms with Gasteiger partial charge in [-0.1, -0.05) is 17.7 Å². The number of carbonyl (C=O) groups is 1. The molecule has 0 aromatic heterocycles. The quantitative estimate of drug-likeness (QED) is 0.376. The average Bonchev–Trinajstić information content (AvgIpc) is 2.62. The topological polar surface area (TPSA) is 119 Å². The molecule has 0 radical (unpaired) electrons. The second kappa shape index (κ2) is 8.57. The first-order valence-corrected chi connectivity index (χ1v) is 10.5. The molecular weight excluding hydrogens is 392 g/mol. The van der Waals surface area contributed by atoms with Crippen molar-refractivity contribution in [3.05, 3.63) is 58.3 Å². The first-order valence-electron chi connectivity index (χ1n) is 9.06. The Balaban J connectivity index is 2.63. The van der Waals surface area contributed by atoms with Crippen LogP contribution in [0.1, 0.15) is 36.1 Å². The van der Waals surface area contributed by atoms with Crippen molar-refractivity contribution in [2.45, 2.75) is 39.5 Å². The smallest absolute Gasteiger partial charge is 0.340 e. The van der Waals surface area contributed by atoms with E-state index < -0.39 is 16.0 Å². The molecule has 0 amide bonds. The van der Waals surface area contributed by atoms with Crippen molar-refractivity contribution in [3.8, 4) is 5.75 Å². The third-order valence-electron chi connectivity index (χ3n) is 4.45. The fourth-order valence-electron chi connectivity index (χ4n) is 3.01. The zero-order valence-electron chi connectivity index (χ0n) is 17.2. The molecule has 0 aliphatic heterocycles. The van der Waals surface area contributed by atoms with Crippen LogP contribution in [-0.4, -0.2) is 26.1 Å². The number of carbonyl (C=O) groups excluding carboxylic acids is 1. The third-order valence-corrected chi connectivity index (χ3v) is 5.81. The van der Waals surface area contributed by atoms with Crippen LogP contribution in [0, 0.1) is 20.8 Å². The zero-order valence-corrected chi connectivity index (χ0v) is 18.0. The van der Waals surface area contributed by atoms with Crippen LogP contribution in [0.2, 0.25) is 0 Å². The molecule has 0 aliphatic carbocycles. The zero-order chi connectivity index (χ0) is 21.9. The van der Waals surface area contributed by atoms with E-state index in [0.717, 1.165) is 5.56 Å². The third kappa shape index (κ3) is 4.71. The van der Waals surface area contributed by atoms with Gasteiger partial charge in [0.25, 0.3) is 10.0 Å². The number of anilines is 1. The van der Waals surface area contributed by atoms with Gasteiger partial charge in [-0.3, -0.25) is 4.72 Å². The number of nitrogens with one attached hydrogen (secondary N) is 1. The highest BCUT2D eigenvalue weighted by Gasteiger charge is 2.26. The number of esters is 1. The van der Waals surface area contributed by atoms with Gasteiger partial charge in [0, 0.05) is 11.3 Å². The first-order chi connectivity index (χ1) is 13.5. The molecule has 8 heteroatoms. The molecule has 0 bridgehead atoms. The maximum absolute atomic E-state index is 12.9. The highest BCUT2D eigenvalue weighted by molar-refractivity contribution is 7.92. The normalized spacial score (nSPS) is 12.3. The lowest BCUT2D eigenvalue weighted by molar-refractivity contribution is -0.136. The largest absolute Gasteiger partial charge is 0.507 e. The molecule has 0 heterocycles. The molecule has 0 saturated carbocycles. The van der Waals surface area contributed by atoms with Crippen molar-refractivity contribution >= 4 is 27.3 Å². The number of aryl methyl sites for hydroxylation is 2. The number of ether oxygens (including phenoxy) is 1. The number of hydrogen-bond donors (Lipinski definition) is 3. The second-order valence-electron chi connectivity index (χ2n) is 6.78. The number of phenolic OH excluding ortho intramolecular Hbond substituents is 1. The number of aromatic hydroxyl groups is 1. The predicted molar refractivity (Wildman–Crippen MR) is 113 cm³/mol. The van der Waals surface area contributed by atoms with Gasteiger partial charge in [0.2, 0.25) is 0 Å². The number of hydrogen-bond acceptors (Lipinski definition) is 6. The van der Waals surface area contributed by atoms with Crippen LogP contribution in [0.25, 0.3) is 5.57 Å². The van der Waals surface area contributed by atoms with Crippen LogP contribution in [0.15, 0.2) is 40.9 Å². The van der Waals surface area contributed by atoms with Crippen molar-refractivity contribution in [2.24, 2.45) is 5.73 Å². The molecule has 29 heavy (non-hydrogen) atoms. The highest BCUT2D eigenvalue weighted by Crippen LogP contribution is 2.38. The Kier molecular flexibility index (Phi) is 6.58. The van der Waals surface area contributed by atoms with Crippen LogP contribution >= 0.6 is 0 Å². The predicted octanol–water partition coefficient (Wildman–Crippen LogP) is 3.37. The number of rotatable bonds is 6. The fraction of sp³-hybridized carbons (Fsp3) is 0.286. The van der Waals surface area contributed by atoms with Crippen molar-refractivity contribution < 1.29 is 23.1 Å². The van der Waals surface area contributed by atoms with Gasteiger partial charge >= 0.3 is 5.97 Å². The summed E-state index contributed by atoms with van der Waals surface area (Å²) in [5.41, 5.74) is 8.24. The SMILES string of the molecule is CCOC(=O)C(=C(C)N)c1c(O)cc(C)c(NS(=O)(=O)c2ccc(C)cc2)c1C. The van der Waals surface area contributed by atoms with Crippen LogP contribution in [-0.2, 0) is 19.6 Å². The maximum atomic E-state index is 12.9. The molecule has 0 fully saturated rings. The number of nitrogens with two attached hydrogens (primary N) is 1. The minimum absolute atomic E-state index is 0.00219. The van der Waals surface area contributed by atoms with Crippen molar-refractivity contribution in [3.63, 3.8) is 0 Å². The summed E-state index contributed by atoms with van der Waals surface area (Å²) in [6, 6.07) is 7.82. The Labute approximate surface area is 171 Å². The van der Waals surface area contributed by atoms with Crippen LogP contribution in [0.5, 0.6) is 5.75 Å². The Morgan fingerprint density at radius 2 is 1.76 bits per heavy atom. The second-order valence-corrected chi connectivity index (χ2v) is 8.47. The van der Waals surface area contributed by atoms with Gasteiger partial charge in [0.1, 0.15) is 5.75 Å². The van der Waals surface area contributed by atoms with E-state index in [9.17, 15) is 18.3 Å². The van der Waals surface area contributed by atoms with E-state index in [1.54, 1.807) is 32.9 Å². The summed E-state index contributed by atoms with van der Waals surface area (Å²) in [5.74, 6) is -0.881. The molecule has 2 aromatic carbocycles. The van der Waals surface area contributed by atoms with Gasteiger partial charge < -0.3 is 15.6 Å². The van der Waals surface area contributed by atoms with Crippen molar-refractivity contribution in [1.82, 2.24) is 0 Å². The van der Waals surface area contributed by atoms with Gasteiger partial charge in [0.15, 0.2) is 0 Å². The van der Waals surface area contributed by atoms with Gasteiger partial charge in [-0.25, -0.2) is 13.2 Å². The van der Waals surface area contributed by atoms with E-state index in [0.29, 0.717) is 11.1 Å². The van der Waals surface area contributed by atoms with Crippen LogP contribution in [0.3, 0.4) is 0 Å². The van der Waals surface area contributed by atoms with Gasteiger partial charge in [-0.2, -0.15) is 0 Å². The van der Waals surface area contributed by atoms with E-state index >= 15 is 0 Å². The molecule has 0 atom stereocenters. The van der Waals surface area contributed by atoms with E-state index in [2.05, 4.69) is 4.72 Å². The molecule has 0 spiro atoms. The average molecular weight is 419 g/mol. The summed E-state index contributed by atoms with van der Waals surface area (Å²) in [5, 5.41) is 10.5. The van der Waals surface area contributed by atoms with E-state index in [1.807, 2.05) is 6.92 Å². The van der Waals surface area contributed by atoms with Crippen LogP contribution in [0.4, 0.5) is 5.69 Å². The highest BCUT2D eigenvalue weighted by atomic mass is 32.2. The van der Waals surface area contributed by atoms with E-state index in [1.165, 1.54) is 25.1 Å². The van der Waals surface area contributed by atoms with E-state index in [4.69, 9.17) is 10.5 Å². The fourth-order valence-corrected chi connectivity index (χ4v) is 4.20. The lowest BCUT2D eigenvalue weighted by Gasteiger charge is -2.20. The van der Waals surface area contributed by atoms with Gasteiger partial charge in [-0.15, -0.1) is 0 Å². The summed E-state index contributed by atoms with van der Waals surface area (Å²) in [4.78, 5) is 12.5. The maximum Gasteiger partial charge on any atom is 0.340 e. The molecule has 0 unspecified atom stereocenters. The Hall–Kier alpha value is -3.00. The molecule has 0 aliphatic rings. The molecule has 7 nitrogen and oxygen atoms in total. The van der Waals surface area contributed by atoms with Crippen molar-refractivity contribution in [1.29, 1.82) is 0 Å². The van der Waals surface area contributed by atoms with Crippen LogP contribution < -0.4 is 10.5 Å². The molecule has 4 N–H and O–H groups in total. The Bertz CT molecular complexity index is 1070.